The number of aliphatic carboxylic acids is 1. The number of amides is 2. The van der Waals surface area contributed by atoms with Crippen LogP contribution in [-0.2, 0) is 4.79 Å². The number of hydrogen-bond donors (Lipinski definition) is 3. The number of β-amino-alcohol motifs (C(OH)–C–C–N with tert-alkyl or cyclic N) is 1. The lowest BCUT2D eigenvalue weighted by Crippen LogP contribution is -2.47. The Hall–Kier alpha value is -0.950. The molecule has 0 bridgehead atoms. The molecule has 0 radical (unpaired) electrons. The van der Waals surface area contributed by atoms with E-state index in [4.69, 9.17) is 5.11 Å². The van der Waals surface area contributed by atoms with Crippen LogP contribution in [0, 0.1) is 0 Å². The fourth-order valence-electron chi connectivity index (χ4n) is 1.69. The summed E-state index contributed by atoms with van der Waals surface area (Å²) in [4.78, 5) is 23.9. The van der Waals surface area contributed by atoms with Gasteiger partial charge in [-0.2, -0.15) is 11.8 Å². The zero-order valence-electron chi connectivity index (χ0n) is 9.92. The van der Waals surface area contributed by atoms with Gasteiger partial charge in [-0.15, -0.1) is 0 Å². The van der Waals surface area contributed by atoms with Gasteiger partial charge in [-0.05, 0) is 6.26 Å². The fourth-order valence-corrected chi connectivity index (χ4v) is 1.94. The molecule has 2 amide bonds. The van der Waals surface area contributed by atoms with Gasteiger partial charge < -0.3 is 20.4 Å². The molecule has 3 N–H and O–H groups in total. The van der Waals surface area contributed by atoms with E-state index in [0.717, 1.165) is 0 Å². The summed E-state index contributed by atoms with van der Waals surface area (Å²) in [6, 6.07) is -1.34. The van der Waals surface area contributed by atoms with Crippen molar-refractivity contribution in [2.75, 3.05) is 19.3 Å². The van der Waals surface area contributed by atoms with E-state index in [9.17, 15) is 14.7 Å². The Balaban J connectivity index is 2.52. The monoisotopic (exact) mass is 262 g/mol. The average molecular weight is 262 g/mol. The van der Waals surface area contributed by atoms with Crippen molar-refractivity contribution in [1.29, 1.82) is 0 Å². The number of carboxylic acids is 1. The Kier molecular flexibility index (Phi) is 5.07. The topological polar surface area (TPSA) is 89.9 Å². The summed E-state index contributed by atoms with van der Waals surface area (Å²) in [6.45, 7) is 2.54. The standard InChI is InChI=1S/C10H18N2O4S/c1-6(17-2)4-11-10(16)12-5-7(13)3-8(12)9(14)15/h6-8,13H,3-5H2,1-2H3,(H,11,16)(H,14,15)/t6?,7-,8+/m1/s1. The fraction of sp³-hybridized carbons (Fsp3) is 0.800. The van der Waals surface area contributed by atoms with Crippen molar-refractivity contribution < 1.29 is 19.8 Å². The highest BCUT2D eigenvalue weighted by Gasteiger charge is 2.38. The van der Waals surface area contributed by atoms with Gasteiger partial charge in [0, 0.05) is 24.8 Å². The number of aliphatic hydroxyl groups excluding tert-OH is 1. The molecule has 0 aromatic rings. The Morgan fingerprint density at radius 1 is 1.59 bits per heavy atom. The average Bonchev–Trinajstić information content (AvgIpc) is 2.67. The van der Waals surface area contributed by atoms with Gasteiger partial charge in [-0.25, -0.2) is 9.59 Å². The number of thioether (sulfide) groups is 1. The number of aliphatic hydroxyl groups is 1. The number of nitrogens with one attached hydrogen (secondary N) is 1. The summed E-state index contributed by atoms with van der Waals surface area (Å²) in [5.41, 5.74) is 0. The summed E-state index contributed by atoms with van der Waals surface area (Å²) in [7, 11) is 0. The lowest BCUT2D eigenvalue weighted by Gasteiger charge is -2.22. The normalized spacial score (nSPS) is 25.7. The van der Waals surface area contributed by atoms with Crippen LogP contribution in [0.3, 0.4) is 0 Å². The third kappa shape index (κ3) is 3.78. The van der Waals surface area contributed by atoms with E-state index in [1.807, 2.05) is 13.2 Å². The van der Waals surface area contributed by atoms with E-state index < -0.39 is 24.1 Å². The molecule has 0 aromatic heterocycles. The molecule has 1 heterocycles. The number of hydrogen-bond acceptors (Lipinski definition) is 4. The maximum atomic E-state index is 11.8. The van der Waals surface area contributed by atoms with E-state index in [2.05, 4.69) is 5.32 Å². The van der Waals surface area contributed by atoms with Crippen LogP contribution >= 0.6 is 11.8 Å². The Morgan fingerprint density at radius 2 is 2.24 bits per heavy atom. The molecule has 0 saturated carbocycles. The molecule has 0 spiro atoms. The van der Waals surface area contributed by atoms with E-state index >= 15 is 0 Å². The summed E-state index contributed by atoms with van der Waals surface area (Å²) in [5, 5.41) is 21.3. The van der Waals surface area contributed by atoms with E-state index in [-0.39, 0.29) is 18.2 Å². The molecular formula is C10H18N2O4S. The van der Waals surface area contributed by atoms with Gasteiger partial charge in [-0.3, -0.25) is 0 Å². The van der Waals surface area contributed by atoms with Gasteiger partial charge in [0.15, 0.2) is 0 Å². The van der Waals surface area contributed by atoms with Gasteiger partial charge in [0.1, 0.15) is 6.04 Å². The van der Waals surface area contributed by atoms with Crippen LogP contribution < -0.4 is 5.32 Å². The molecule has 0 aliphatic carbocycles. The zero-order chi connectivity index (χ0) is 13.0. The van der Waals surface area contributed by atoms with Crippen LogP contribution in [0.1, 0.15) is 13.3 Å². The van der Waals surface area contributed by atoms with Crippen molar-refractivity contribution >= 4 is 23.8 Å². The molecule has 1 saturated heterocycles. The molecule has 1 aliphatic rings. The zero-order valence-corrected chi connectivity index (χ0v) is 10.7. The van der Waals surface area contributed by atoms with Crippen LogP contribution in [0.2, 0.25) is 0 Å². The Labute approximate surface area is 104 Å². The quantitative estimate of drug-likeness (QED) is 0.662. The number of likely N-dealkylation sites (tertiary alicyclic amines) is 1. The van der Waals surface area contributed by atoms with E-state index in [1.54, 1.807) is 11.8 Å². The molecule has 7 heteroatoms. The molecule has 3 atom stereocenters. The molecule has 98 valence electrons. The molecule has 1 aliphatic heterocycles. The first-order valence-electron chi connectivity index (χ1n) is 5.43. The van der Waals surface area contributed by atoms with Gasteiger partial charge in [0.25, 0.3) is 0 Å². The highest BCUT2D eigenvalue weighted by molar-refractivity contribution is 7.99. The van der Waals surface area contributed by atoms with E-state index in [1.165, 1.54) is 4.90 Å². The van der Waals surface area contributed by atoms with Crippen LogP contribution in [0.5, 0.6) is 0 Å². The van der Waals surface area contributed by atoms with E-state index in [0.29, 0.717) is 6.54 Å². The second-order valence-electron chi connectivity index (χ2n) is 4.13. The molecule has 1 fully saturated rings. The molecule has 6 nitrogen and oxygen atoms in total. The lowest BCUT2D eigenvalue weighted by molar-refractivity contribution is -0.141. The van der Waals surface area contributed by atoms with Crippen molar-refractivity contribution in [2.45, 2.75) is 30.7 Å². The van der Waals surface area contributed by atoms with Crippen molar-refractivity contribution in [1.82, 2.24) is 10.2 Å². The summed E-state index contributed by atoms with van der Waals surface area (Å²) in [6.07, 6.45) is 1.29. The van der Waals surface area contributed by atoms with Crippen LogP contribution in [0.15, 0.2) is 0 Å². The van der Waals surface area contributed by atoms with Gasteiger partial charge in [0.2, 0.25) is 0 Å². The third-order valence-electron chi connectivity index (χ3n) is 2.77. The highest BCUT2D eigenvalue weighted by Crippen LogP contribution is 2.18. The van der Waals surface area contributed by atoms with Gasteiger partial charge >= 0.3 is 12.0 Å². The Bertz CT molecular complexity index is 300. The first-order chi connectivity index (χ1) is 7.95. The minimum Gasteiger partial charge on any atom is -0.480 e. The summed E-state index contributed by atoms with van der Waals surface area (Å²) < 4.78 is 0. The number of carbonyl (C=O) groups is 2. The highest BCUT2D eigenvalue weighted by atomic mass is 32.2. The van der Waals surface area contributed by atoms with Crippen molar-refractivity contribution in [3.63, 3.8) is 0 Å². The predicted octanol–water partition coefficient (Wildman–Crippen LogP) is -0.0327. The van der Waals surface area contributed by atoms with Crippen molar-refractivity contribution in [3.8, 4) is 0 Å². The Morgan fingerprint density at radius 3 is 2.76 bits per heavy atom. The third-order valence-corrected chi connectivity index (χ3v) is 3.74. The van der Waals surface area contributed by atoms with Crippen LogP contribution in [0.25, 0.3) is 0 Å². The first-order valence-corrected chi connectivity index (χ1v) is 6.72. The number of carboxylic acid groups (broad SMARTS) is 1. The first kappa shape index (κ1) is 14.1. The second kappa shape index (κ2) is 6.11. The smallest absolute Gasteiger partial charge is 0.326 e. The lowest BCUT2D eigenvalue weighted by atomic mass is 10.2. The largest absolute Gasteiger partial charge is 0.480 e. The maximum absolute atomic E-state index is 11.8. The number of nitrogens with zero attached hydrogens (tertiary/aromatic N) is 1. The molecule has 1 rings (SSSR count). The van der Waals surface area contributed by atoms with Gasteiger partial charge in [0.05, 0.1) is 6.10 Å². The van der Waals surface area contributed by atoms with Gasteiger partial charge in [-0.1, -0.05) is 6.92 Å². The van der Waals surface area contributed by atoms with Crippen LogP contribution in [-0.4, -0.2) is 63.9 Å². The maximum Gasteiger partial charge on any atom is 0.326 e. The molecular weight excluding hydrogens is 244 g/mol. The predicted molar refractivity (Wildman–Crippen MR) is 65.1 cm³/mol. The summed E-state index contributed by atoms with van der Waals surface area (Å²) >= 11 is 1.62. The molecule has 1 unspecified atom stereocenters. The molecule has 0 aromatic carbocycles. The van der Waals surface area contributed by atoms with Crippen molar-refractivity contribution in [3.05, 3.63) is 0 Å². The summed E-state index contributed by atoms with van der Waals surface area (Å²) in [5.74, 6) is -1.07. The second-order valence-corrected chi connectivity index (χ2v) is 5.40. The molecule has 17 heavy (non-hydrogen) atoms. The number of rotatable bonds is 4. The number of urea groups is 1. The van der Waals surface area contributed by atoms with Crippen LogP contribution in [0.4, 0.5) is 4.79 Å². The van der Waals surface area contributed by atoms with Crippen molar-refractivity contribution in [2.24, 2.45) is 0 Å². The number of carbonyl (C=O) groups excluding carboxylic acids is 1. The minimum atomic E-state index is -1.07. The SMILES string of the molecule is CSC(C)CNC(=O)N1C[C@H](O)C[C@H]1C(=O)O. The minimum absolute atomic E-state index is 0.0798.